The Labute approximate surface area is 66.4 Å². The molecule has 62 valence electrons. The summed E-state index contributed by atoms with van der Waals surface area (Å²) in [7, 11) is 0. The van der Waals surface area contributed by atoms with E-state index in [1.54, 1.807) is 6.92 Å². The molecule has 1 atom stereocenters. The topological polar surface area (TPSA) is 48.2 Å². The van der Waals surface area contributed by atoms with Gasteiger partial charge in [0.2, 0.25) is 0 Å². The van der Waals surface area contributed by atoms with Gasteiger partial charge in [0.05, 0.1) is 0 Å². The lowest BCUT2D eigenvalue weighted by Crippen LogP contribution is -2.09. The Morgan fingerprint density at radius 2 is 2.45 bits per heavy atom. The van der Waals surface area contributed by atoms with Crippen molar-refractivity contribution in [2.24, 2.45) is 0 Å². The Morgan fingerprint density at radius 3 is 2.91 bits per heavy atom. The maximum Gasteiger partial charge on any atom is 0.335 e. The monoisotopic (exact) mass is 155 g/mol. The van der Waals surface area contributed by atoms with Crippen molar-refractivity contribution in [2.45, 2.75) is 26.5 Å². The van der Waals surface area contributed by atoms with E-state index in [0.29, 0.717) is 5.57 Å². The van der Waals surface area contributed by atoms with Crippen molar-refractivity contribution in [3.05, 3.63) is 11.6 Å². The van der Waals surface area contributed by atoms with E-state index >= 15 is 0 Å². The van der Waals surface area contributed by atoms with Crippen molar-refractivity contribution < 1.29 is 9.53 Å². The molecular formula is C8H13NO2. The second kappa shape index (κ2) is 3.53. The summed E-state index contributed by atoms with van der Waals surface area (Å²) >= 11 is 0. The Hall–Kier alpha value is -0.830. The first-order chi connectivity index (χ1) is 5.24. The van der Waals surface area contributed by atoms with E-state index in [9.17, 15) is 4.79 Å². The molecule has 0 aliphatic carbocycles. The van der Waals surface area contributed by atoms with Gasteiger partial charge in [-0.1, -0.05) is 13.0 Å². The summed E-state index contributed by atoms with van der Waals surface area (Å²) in [6, 6.07) is 0. The lowest BCUT2D eigenvalue weighted by Gasteiger charge is -2.00. The molecule has 0 saturated carbocycles. The van der Waals surface area contributed by atoms with Crippen LogP contribution in [0.15, 0.2) is 11.6 Å². The summed E-state index contributed by atoms with van der Waals surface area (Å²) in [5.74, 6) is -0.207. The Bertz CT molecular complexity index is 183. The molecule has 3 heteroatoms. The van der Waals surface area contributed by atoms with Crippen LogP contribution in [0.4, 0.5) is 0 Å². The third-order valence-electron chi connectivity index (χ3n) is 1.45. The van der Waals surface area contributed by atoms with Crippen LogP contribution in [-0.4, -0.2) is 18.7 Å². The summed E-state index contributed by atoms with van der Waals surface area (Å²) in [6.45, 7) is 4.56. The molecule has 0 spiro atoms. The molecule has 0 aromatic heterocycles. The standard InChI is InChI=1S/C8H13NO2/c1-3-4-6(2)8(10)11-7-5-9-7/h4,7,9H,3,5H2,1-2H3. The van der Waals surface area contributed by atoms with Crippen molar-refractivity contribution in [1.29, 1.82) is 0 Å². The highest BCUT2D eigenvalue weighted by molar-refractivity contribution is 5.87. The van der Waals surface area contributed by atoms with Crippen molar-refractivity contribution in [3.63, 3.8) is 0 Å². The van der Waals surface area contributed by atoms with Crippen LogP contribution in [0.25, 0.3) is 0 Å². The lowest BCUT2D eigenvalue weighted by molar-refractivity contribution is -0.140. The first kappa shape index (κ1) is 8.27. The zero-order valence-corrected chi connectivity index (χ0v) is 6.89. The van der Waals surface area contributed by atoms with Crippen LogP contribution in [-0.2, 0) is 9.53 Å². The number of esters is 1. The van der Waals surface area contributed by atoms with Crippen LogP contribution in [0.2, 0.25) is 0 Å². The van der Waals surface area contributed by atoms with Gasteiger partial charge >= 0.3 is 5.97 Å². The SMILES string of the molecule is CCC=C(C)C(=O)OC1CN1. The second-order valence-corrected chi connectivity index (χ2v) is 2.60. The van der Waals surface area contributed by atoms with E-state index in [-0.39, 0.29) is 12.2 Å². The minimum Gasteiger partial charge on any atom is -0.442 e. The van der Waals surface area contributed by atoms with Crippen molar-refractivity contribution >= 4 is 5.97 Å². The van der Waals surface area contributed by atoms with Crippen LogP contribution < -0.4 is 5.32 Å². The summed E-state index contributed by atoms with van der Waals surface area (Å²) in [5.41, 5.74) is 0.696. The van der Waals surface area contributed by atoms with E-state index in [0.717, 1.165) is 13.0 Å². The molecule has 0 bridgehead atoms. The van der Waals surface area contributed by atoms with Crippen LogP contribution >= 0.6 is 0 Å². The number of allylic oxidation sites excluding steroid dienone is 1. The number of nitrogens with one attached hydrogen (secondary N) is 1. The van der Waals surface area contributed by atoms with Gasteiger partial charge in [0.25, 0.3) is 0 Å². The predicted octanol–water partition coefficient (Wildman–Crippen LogP) is 0.815. The van der Waals surface area contributed by atoms with E-state index < -0.39 is 0 Å². The lowest BCUT2D eigenvalue weighted by atomic mass is 10.2. The number of carbonyl (C=O) groups excluding carboxylic acids is 1. The number of hydrogen-bond acceptors (Lipinski definition) is 3. The summed E-state index contributed by atoms with van der Waals surface area (Å²) < 4.78 is 4.96. The summed E-state index contributed by atoms with van der Waals surface area (Å²) in [4.78, 5) is 11.1. The molecule has 1 saturated heterocycles. The number of carbonyl (C=O) groups is 1. The largest absolute Gasteiger partial charge is 0.442 e. The molecule has 1 heterocycles. The normalized spacial score (nSPS) is 23.1. The minimum absolute atomic E-state index is 0.0253. The molecule has 3 nitrogen and oxygen atoms in total. The van der Waals surface area contributed by atoms with E-state index in [4.69, 9.17) is 4.74 Å². The third kappa shape index (κ3) is 2.72. The van der Waals surface area contributed by atoms with E-state index in [1.165, 1.54) is 0 Å². The molecule has 0 radical (unpaired) electrons. The van der Waals surface area contributed by atoms with Crippen molar-refractivity contribution in [3.8, 4) is 0 Å². The molecule has 11 heavy (non-hydrogen) atoms. The zero-order valence-electron chi connectivity index (χ0n) is 6.89. The number of rotatable bonds is 3. The van der Waals surface area contributed by atoms with E-state index in [2.05, 4.69) is 5.32 Å². The van der Waals surface area contributed by atoms with Crippen LogP contribution in [0, 0.1) is 0 Å². The van der Waals surface area contributed by atoms with Gasteiger partial charge in [-0.15, -0.1) is 0 Å². The fraction of sp³-hybridized carbons (Fsp3) is 0.625. The molecular weight excluding hydrogens is 142 g/mol. The fourth-order valence-corrected chi connectivity index (χ4v) is 0.743. The molecule has 0 aromatic carbocycles. The van der Waals surface area contributed by atoms with Crippen LogP contribution in [0.5, 0.6) is 0 Å². The van der Waals surface area contributed by atoms with Crippen LogP contribution in [0.3, 0.4) is 0 Å². The first-order valence-corrected chi connectivity index (χ1v) is 3.85. The van der Waals surface area contributed by atoms with Crippen molar-refractivity contribution in [1.82, 2.24) is 5.32 Å². The summed E-state index contributed by atoms with van der Waals surface area (Å²) in [6.07, 6.45) is 2.71. The quantitative estimate of drug-likeness (QED) is 0.373. The molecule has 1 aliphatic rings. The molecule has 0 aromatic rings. The molecule has 1 unspecified atom stereocenters. The van der Waals surface area contributed by atoms with Gasteiger partial charge in [-0.25, -0.2) is 4.79 Å². The summed E-state index contributed by atoms with van der Waals surface area (Å²) in [5, 5.41) is 2.89. The third-order valence-corrected chi connectivity index (χ3v) is 1.45. The Kier molecular flexibility index (Phi) is 2.65. The van der Waals surface area contributed by atoms with Gasteiger partial charge in [0.15, 0.2) is 6.23 Å². The highest BCUT2D eigenvalue weighted by atomic mass is 16.6. The minimum atomic E-state index is -0.207. The molecule has 1 N–H and O–H groups in total. The van der Waals surface area contributed by atoms with Gasteiger partial charge in [-0.3, -0.25) is 5.32 Å². The second-order valence-electron chi connectivity index (χ2n) is 2.60. The maximum atomic E-state index is 11.1. The average molecular weight is 155 g/mol. The zero-order chi connectivity index (χ0) is 8.27. The fourth-order valence-electron chi connectivity index (χ4n) is 0.743. The number of hydrogen-bond donors (Lipinski definition) is 1. The highest BCUT2D eigenvalue weighted by Gasteiger charge is 2.24. The first-order valence-electron chi connectivity index (χ1n) is 3.85. The Morgan fingerprint density at radius 1 is 1.82 bits per heavy atom. The number of ether oxygens (including phenoxy) is 1. The van der Waals surface area contributed by atoms with Gasteiger partial charge < -0.3 is 4.74 Å². The Balaban J connectivity index is 2.32. The van der Waals surface area contributed by atoms with Crippen LogP contribution in [0.1, 0.15) is 20.3 Å². The average Bonchev–Trinajstić information content (AvgIpc) is 2.72. The van der Waals surface area contributed by atoms with Crippen molar-refractivity contribution in [2.75, 3.05) is 6.54 Å². The van der Waals surface area contributed by atoms with Gasteiger partial charge in [0.1, 0.15) is 0 Å². The molecule has 1 aliphatic heterocycles. The maximum absolute atomic E-state index is 11.1. The molecule has 0 amide bonds. The van der Waals surface area contributed by atoms with Gasteiger partial charge in [0, 0.05) is 12.1 Å². The van der Waals surface area contributed by atoms with E-state index in [1.807, 2.05) is 13.0 Å². The molecule has 1 rings (SSSR count). The van der Waals surface area contributed by atoms with Gasteiger partial charge in [-0.2, -0.15) is 0 Å². The molecule has 1 fully saturated rings. The predicted molar refractivity (Wildman–Crippen MR) is 41.9 cm³/mol. The smallest absolute Gasteiger partial charge is 0.335 e. The van der Waals surface area contributed by atoms with Gasteiger partial charge in [-0.05, 0) is 13.3 Å². The highest BCUT2D eigenvalue weighted by Crippen LogP contribution is 2.05.